The number of aromatic nitrogens is 1. The minimum absolute atomic E-state index is 0.248. The molecule has 0 atom stereocenters. The molecule has 1 heterocycles. The van der Waals surface area contributed by atoms with Gasteiger partial charge in [-0.05, 0) is 37.8 Å². The molecular weight excluding hydrogens is 195 g/mol. The average Bonchev–Trinajstić information content (AvgIpc) is 2.24. The van der Waals surface area contributed by atoms with Crippen molar-refractivity contribution in [1.82, 2.24) is 4.98 Å². The Labute approximate surface area is 88.1 Å². The summed E-state index contributed by atoms with van der Waals surface area (Å²) in [5.41, 5.74) is 6.42. The van der Waals surface area contributed by atoms with Gasteiger partial charge in [-0.25, -0.2) is 4.39 Å². The van der Waals surface area contributed by atoms with Gasteiger partial charge in [0.1, 0.15) is 5.82 Å². The van der Waals surface area contributed by atoms with Gasteiger partial charge in [0, 0.05) is 0 Å². The van der Waals surface area contributed by atoms with Crippen molar-refractivity contribution in [2.45, 2.75) is 37.3 Å². The van der Waals surface area contributed by atoms with Crippen LogP contribution in [0.2, 0.25) is 0 Å². The Morgan fingerprint density at radius 3 is 2.60 bits per heavy atom. The topological polar surface area (TPSA) is 59.1 Å². The molecule has 0 aliphatic heterocycles. The third-order valence-corrected chi connectivity index (χ3v) is 3.08. The average molecular weight is 210 g/mol. The first-order valence-corrected chi connectivity index (χ1v) is 5.19. The molecule has 0 spiro atoms. The zero-order valence-corrected chi connectivity index (χ0v) is 8.49. The van der Waals surface area contributed by atoms with Crippen molar-refractivity contribution < 1.29 is 9.50 Å². The minimum atomic E-state index is -0.493. The van der Waals surface area contributed by atoms with Gasteiger partial charge in [0.2, 0.25) is 0 Å². The molecule has 4 heteroatoms. The van der Waals surface area contributed by atoms with Crippen LogP contribution in [0.15, 0.2) is 18.3 Å². The molecule has 0 amide bonds. The first kappa shape index (κ1) is 10.5. The maximum absolute atomic E-state index is 12.7. The molecule has 0 radical (unpaired) electrons. The predicted molar refractivity (Wildman–Crippen MR) is 54.5 cm³/mol. The molecule has 0 bridgehead atoms. The van der Waals surface area contributed by atoms with Crippen molar-refractivity contribution in [2.75, 3.05) is 0 Å². The first-order valence-electron chi connectivity index (χ1n) is 5.19. The largest absolute Gasteiger partial charge is 0.393 e. The number of aliphatic hydroxyl groups excluding tert-OH is 1. The monoisotopic (exact) mass is 210 g/mol. The summed E-state index contributed by atoms with van der Waals surface area (Å²) >= 11 is 0. The Kier molecular flexibility index (Phi) is 2.71. The molecule has 3 N–H and O–H groups in total. The number of hydrogen-bond donors (Lipinski definition) is 2. The van der Waals surface area contributed by atoms with Gasteiger partial charge < -0.3 is 10.8 Å². The molecule has 1 aliphatic rings. The lowest BCUT2D eigenvalue weighted by Gasteiger charge is -2.34. The smallest absolute Gasteiger partial charge is 0.141 e. The standard InChI is InChI=1S/C11H15FN2O/c12-8-1-2-10(14-7-8)11(13)5-3-9(15)4-6-11/h1-2,7,9,15H,3-6,13H2. The molecule has 3 nitrogen and oxygen atoms in total. The van der Waals surface area contributed by atoms with Crippen LogP contribution in [0.1, 0.15) is 31.4 Å². The highest BCUT2D eigenvalue weighted by Gasteiger charge is 2.33. The number of rotatable bonds is 1. The summed E-state index contributed by atoms with van der Waals surface area (Å²) in [6.07, 6.45) is 3.72. The molecule has 1 aliphatic carbocycles. The van der Waals surface area contributed by atoms with Crippen LogP contribution in [0.5, 0.6) is 0 Å². The molecule has 2 rings (SSSR count). The molecule has 1 aromatic heterocycles. The molecule has 1 saturated carbocycles. The summed E-state index contributed by atoms with van der Waals surface area (Å²) in [5, 5.41) is 9.40. The second kappa shape index (κ2) is 3.87. The lowest BCUT2D eigenvalue weighted by molar-refractivity contribution is 0.0956. The number of pyridine rings is 1. The second-order valence-corrected chi connectivity index (χ2v) is 4.25. The van der Waals surface area contributed by atoms with Crippen molar-refractivity contribution in [1.29, 1.82) is 0 Å². The molecule has 0 saturated heterocycles. The van der Waals surface area contributed by atoms with E-state index in [-0.39, 0.29) is 11.9 Å². The summed E-state index contributed by atoms with van der Waals surface area (Å²) < 4.78 is 12.7. The molecule has 0 aromatic carbocycles. The van der Waals surface area contributed by atoms with E-state index in [1.54, 1.807) is 6.07 Å². The Balaban J connectivity index is 2.18. The van der Waals surface area contributed by atoms with E-state index in [0.717, 1.165) is 5.69 Å². The highest BCUT2D eigenvalue weighted by Crippen LogP contribution is 2.33. The number of nitrogens with zero attached hydrogens (tertiary/aromatic N) is 1. The lowest BCUT2D eigenvalue weighted by Crippen LogP contribution is -2.42. The second-order valence-electron chi connectivity index (χ2n) is 4.25. The summed E-state index contributed by atoms with van der Waals surface area (Å²) in [4.78, 5) is 4.02. The van der Waals surface area contributed by atoms with Crippen LogP contribution in [0.4, 0.5) is 4.39 Å². The van der Waals surface area contributed by atoms with Crippen LogP contribution in [0.3, 0.4) is 0 Å². The Morgan fingerprint density at radius 1 is 1.40 bits per heavy atom. The molecular formula is C11H15FN2O. The van der Waals surface area contributed by atoms with E-state index in [2.05, 4.69) is 4.98 Å². The molecule has 0 unspecified atom stereocenters. The number of halogens is 1. The number of nitrogens with two attached hydrogens (primary N) is 1. The zero-order chi connectivity index (χ0) is 10.9. The quantitative estimate of drug-likeness (QED) is 0.734. The van der Waals surface area contributed by atoms with Gasteiger partial charge in [0.05, 0.1) is 23.5 Å². The van der Waals surface area contributed by atoms with Crippen molar-refractivity contribution in [3.8, 4) is 0 Å². The summed E-state index contributed by atoms with van der Waals surface area (Å²) in [5.74, 6) is -0.349. The van der Waals surface area contributed by atoms with Crippen LogP contribution in [0, 0.1) is 5.82 Å². The van der Waals surface area contributed by atoms with E-state index in [1.165, 1.54) is 12.3 Å². The normalized spacial score (nSPS) is 31.5. The maximum Gasteiger partial charge on any atom is 0.141 e. The van der Waals surface area contributed by atoms with Gasteiger partial charge in [-0.2, -0.15) is 0 Å². The van der Waals surface area contributed by atoms with E-state index >= 15 is 0 Å². The van der Waals surface area contributed by atoms with Gasteiger partial charge >= 0.3 is 0 Å². The zero-order valence-electron chi connectivity index (χ0n) is 8.49. The van der Waals surface area contributed by atoms with E-state index in [9.17, 15) is 9.50 Å². The first-order chi connectivity index (χ1) is 7.10. The highest BCUT2D eigenvalue weighted by atomic mass is 19.1. The Bertz CT molecular complexity index is 331. The Hall–Kier alpha value is -1.00. The fraction of sp³-hybridized carbons (Fsp3) is 0.545. The molecule has 1 aromatic rings. The van der Waals surface area contributed by atoms with Gasteiger partial charge in [-0.15, -0.1) is 0 Å². The SMILES string of the molecule is NC1(c2ccc(F)cn2)CCC(O)CC1. The van der Waals surface area contributed by atoms with E-state index < -0.39 is 5.54 Å². The third kappa shape index (κ3) is 2.16. The summed E-state index contributed by atoms with van der Waals surface area (Å²) in [6, 6.07) is 3.01. The van der Waals surface area contributed by atoms with Crippen LogP contribution in [-0.4, -0.2) is 16.2 Å². The maximum atomic E-state index is 12.7. The molecule has 15 heavy (non-hydrogen) atoms. The van der Waals surface area contributed by atoms with Crippen molar-refractivity contribution in [3.05, 3.63) is 29.8 Å². The Morgan fingerprint density at radius 2 is 2.07 bits per heavy atom. The predicted octanol–water partition coefficient (Wildman–Crippen LogP) is 1.31. The van der Waals surface area contributed by atoms with Gasteiger partial charge in [-0.3, -0.25) is 4.98 Å². The van der Waals surface area contributed by atoms with Crippen LogP contribution < -0.4 is 5.73 Å². The van der Waals surface area contributed by atoms with Crippen LogP contribution >= 0.6 is 0 Å². The lowest BCUT2D eigenvalue weighted by atomic mass is 9.79. The third-order valence-electron chi connectivity index (χ3n) is 3.08. The van der Waals surface area contributed by atoms with Gasteiger partial charge in [0.15, 0.2) is 0 Å². The number of hydrogen-bond acceptors (Lipinski definition) is 3. The summed E-state index contributed by atoms with van der Waals surface area (Å²) in [7, 11) is 0. The van der Waals surface area contributed by atoms with Gasteiger partial charge in [0.25, 0.3) is 0 Å². The molecule has 1 fully saturated rings. The van der Waals surface area contributed by atoms with Crippen LogP contribution in [0.25, 0.3) is 0 Å². The van der Waals surface area contributed by atoms with E-state index in [0.29, 0.717) is 25.7 Å². The van der Waals surface area contributed by atoms with Crippen molar-refractivity contribution in [3.63, 3.8) is 0 Å². The fourth-order valence-electron chi connectivity index (χ4n) is 2.04. The van der Waals surface area contributed by atoms with Crippen molar-refractivity contribution in [2.24, 2.45) is 5.73 Å². The molecule has 82 valence electrons. The minimum Gasteiger partial charge on any atom is -0.393 e. The van der Waals surface area contributed by atoms with E-state index in [1.807, 2.05) is 0 Å². The highest BCUT2D eigenvalue weighted by molar-refractivity contribution is 5.16. The van der Waals surface area contributed by atoms with Gasteiger partial charge in [-0.1, -0.05) is 0 Å². The van der Waals surface area contributed by atoms with Crippen molar-refractivity contribution >= 4 is 0 Å². The summed E-state index contributed by atoms with van der Waals surface area (Å²) in [6.45, 7) is 0. The van der Waals surface area contributed by atoms with E-state index in [4.69, 9.17) is 5.73 Å². The number of aliphatic hydroxyl groups is 1. The fourth-order valence-corrected chi connectivity index (χ4v) is 2.04. The van der Waals surface area contributed by atoms with Crippen LogP contribution in [-0.2, 0) is 5.54 Å².